The van der Waals surface area contributed by atoms with Crippen LogP contribution in [0.5, 0.6) is 0 Å². The van der Waals surface area contributed by atoms with Crippen LogP contribution >= 0.6 is 23.1 Å². The molecule has 3 aromatic heterocycles. The van der Waals surface area contributed by atoms with Gasteiger partial charge in [0.1, 0.15) is 0 Å². The smallest absolute Gasteiger partial charge is 0.264 e. The SMILES string of the molecule is O=C(CSc1n[nH]c(-c2ccncc2)n1)N1CCN(C(=O)c2cccs2)CC1. The van der Waals surface area contributed by atoms with E-state index in [-0.39, 0.29) is 17.6 Å². The normalized spacial score (nSPS) is 14.3. The average Bonchev–Trinajstić information content (AvgIpc) is 3.44. The molecule has 1 fully saturated rings. The number of aromatic amines is 1. The largest absolute Gasteiger partial charge is 0.338 e. The fourth-order valence-corrected chi connectivity index (χ4v) is 4.27. The second-order valence-electron chi connectivity index (χ2n) is 6.14. The quantitative estimate of drug-likeness (QED) is 0.642. The number of H-pyrrole nitrogens is 1. The van der Waals surface area contributed by atoms with E-state index >= 15 is 0 Å². The van der Waals surface area contributed by atoms with Gasteiger partial charge in [0.2, 0.25) is 11.1 Å². The number of hydrogen-bond donors (Lipinski definition) is 1. The van der Waals surface area contributed by atoms with Crippen LogP contribution in [0.1, 0.15) is 9.67 Å². The van der Waals surface area contributed by atoms with Crippen LogP contribution in [0, 0.1) is 0 Å². The minimum atomic E-state index is 0.0310. The Balaban J connectivity index is 1.26. The van der Waals surface area contributed by atoms with Crippen LogP contribution in [0.3, 0.4) is 0 Å². The van der Waals surface area contributed by atoms with Gasteiger partial charge in [0.15, 0.2) is 5.82 Å². The summed E-state index contributed by atoms with van der Waals surface area (Å²) in [7, 11) is 0. The molecule has 0 unspecified atom stereocenters. The lowest BCUT2D eigenvalue weighted by atomic mass is 10.3. The zero-order valence-corrected chi connectivity index (χ0v) is 16.6. The van der Waals surface area contributed by atoms with Gasteiger partial charge in [0.25, 0.3) is 5.91 Å². The fourth-order valence-electron chi connectivity index (χ4n) is 2.88. The number of piperazine rings is 1. The first-order chi connectivity index (χ1) is 13.7. The molecule has 0 aromatic carbocycles. The summed E-state index contributed by atoms with van der Waals surface area (Å²) in [5.41, 5.74) is 0.896. The molecule has 0 aliphatic carbocycles. The van der Waals surface area contributed by atoms with Crippen molar-refractivity contribution in [2.75, 3.05) is 31.9 Å². The van der Waals surface area contributed by atoms with E-state index in [4.69, 9.17) is 0 Å². The third-order valence-corrected chi connectivity index (χ3v) is 6.08. The highest BCUT2D eigenvalue weighted by molar-refractivity contribution is 7.99. The Bertz CT molecular complexity index is 936. The van der Waals surface area contributed by atoms with Gasteiger partial charge in [-0.1, -0.05) is 17.8 Å². The van der Waals surface area contributed by atoms with Gasteiger partial charge in [-0.25, -0.2) is 4.98 Å². The molecule has 1 N–H and O–H groups in total. The second kappa shape index (κ2) is 8.53. The van der Waals surface area contributed by atoms with Gasteiger partial charge >= 0.3 is 0 Å². The van der Waals surface area contributed by atoms with E-state index in [9.17, 15) is 9.59 Å². The molecule has 1 saturated heterocycles. The van der Waals surface area contributed by atoms with E-state index in [1.165, 1.54) is 23.1 Å². The van der Waals surface area contributed by atoms with E-state index in [1.807, 2.05) is 29.6 Å². The van der Waals surface area contributed by atoms with Gasteiger partial charge in [-0.05, 0) is 23.6 Å². The molecule has 0 saturated carbocycles. The van der Waals surface area contributed by atoms with Crippen molar-refractivity contribution in [3.05, 3.63) is 46.9 Å². The van der Waals surface area contributed by atoms with Crippen LogP contribution in [0.4, 0.5) is 0 Å². The third-order valence-electron chi connectivity index (χ3n) is 4.39. The number of carbonyl (C=O) groups excluding carboxylic acids is 2. The maximum Gasteiger partial charge on any atom is 0.264 e. The molecular formula is C18H18N6O2S2. The highest BCUT2D eigenvalue weighted by atomic mass is 32.2. The van der Waals surface area contributed by atoms with E-state index in [0.29, 0.717) is 37.2 Å². The number of nitrogens with zero attached hydrogens (tertiary/aromatic N) is 5. The van der Waals surface area contributed by atoms with Crippen LogP contribution in [-0.2, 0) is 4.79 Å². The number of hydrogen-bond acceptors (Lipinski definition) is 7. The standard InChI is InChI=1S/C18H18N6O2S2/c25-15(12-28-18-20-16(21-22-18)13-3-5-19-6-4-13)23-7-9-24(10-8-23)17(26)14-2-1-11-27-14/h1-6,11H,7-10,12H2,(H,20,21,22). The van der Waals surface area contributed by atoms with Crippen molar-refractivity contribution in [2.24, 2.45) is 0 Å². The number of aromatic nitrogens is 4. The van der Waals surface area contributed by atoms with Crippen LogP contribution in [0.15, 0.2) is 47.2 Å². The van der Waals surface area contributed by atoms with E-state index in [0.717, 1.165) is 10.4 Å². The summed E-state index contributed by atoms with van der Waals surface area (Å²) in [5.74, 6) is 0.995. The van der Waals surface area contributed by atoms with Crippen molar-refractivity contribution in [1.82, 2.24) is 30.0 Å². The van der Waals surface area contributed by atoms with Crippen molar-refractivity contribution in [1.29, 1.82) is 0 Å². The fraction of sp³-hybridized carbons (Fsp3) is 0.278. The predicted octanol–water partition coefficient (Wildman–Crippen LogP) is 2.00. The summed E-state index contributed by atoms with van der Waals surface area (Å²) < 4.78 is 0. The Hall–Kier alpha value is -2.72. The molecule has 144 valence electrons. The zero-order valence-electron chi connectivity index (χ0n) is 14.9. The van der Waals surface area contributed by atoms with Gasteiger partial charge in [0.05, 0.1) is 10.6 Å². The van der Waals surface area contributed by atoms with Crippen molar-refractivity contribution in [3.8, 4) is 11.4 Å². The minimum absolute atomic E-state index is 0.0310. The Kier molecular flexibility index (Phi) is 5.68. The van der Waals surface area contributed by atoms with Crippen molar-refractivity contribution < 1.29 is 9.59 Å². The molecule has 8 nitrogen and oxygen atoms in total. The lowest BCUT2D eigenvalue weighted by Gasteiger charge is -2.34. The number of amides is 2. The number of nitrogens with one attached hydrogen (secondary N) is 1. The minimum Gasteiger partial charge on any atom is -0.338 e. The van der Waals surface area contributed by atoms with Crippen LogP contribution in [0.25, 0.3) is 11.4 Å². The summed E-state index contributed by atoms with van der Waals surface area (Å²) in [4.78, 5) is 37.6. The number of carbonyl (C=O) groups is 2. The van der Waals surface area contributed by atoms with Gasteiger partial charge < -0.3 is 9.80 Å². The van der Waals surface area contributed by atoms with E-state index in [1.54, 1.807) is 22.2 Å². The third kappa shape index (κ3) is 4.23. The molecule has 3 aromatic rings. The van der Waals surface area contributed by atoms with Crippen LogP contribution in [-0.4, -0.2) is 73.7 Å². The number of pyridine rings is 1. The predicted molar refractivity (Wildman–Crippen MR) is 107 cm³/mol. The van der Waals surface area contributed by atoms with Gasteiger partial charge in [-0.3, -0.25) is 19.7 Å². The molecule has 1 aliphatic heterocycles. The second-order valence-corrected chi connectivity index (χ2v) is 8.03. The van der Waals surface area contributed by atoms with Crippen LogP contribution < -0.4 is 0 Å². The Labute approximate surface area is 170 Å². The summed E-state index contributed by atoms with van der Waals surface area (Å²) >= 11 is 2.75. The van der Waals surface area contributed by atoms with Crippen LogP contribution in [0.2, 0.25) is 0 Å². The van der Waals surface area contributed by atoms with Crippen molar-refractivity contribution >= 4 is 34.9 Å². The number of thioether (sulfide) groups is 1. The van der Waals surface area contributed by atoms with Crippen molar-refractivity contribution in [3.63, 3.8) is 0 Å². The molecule has 4 heterocycles. The summed E-state index contributed by atoms with van der Waals surface area (Å²) in [6.07, 6.45) is 3.38. The molecule has 4 rings (SSSR count). The number of thiophene rings is 1. The molecule has 0 bridgehead atoms. The monoisotopic (exact) mass is 414 g/mol. The first-order valence-corrected chi connectivity index (χ1v) is 10.6. The summed E-state index contributed by atoms with van der Waals surface area (Å²) in [6.45, 7) is 2.21. The highest BCUT2D eigenvalue weighted by Gasteiger charge is 2.25. The topological polar surface area (TPSA) is 95.1 Å². The molecule has 1 aliphatic rings. The molecule has 0 radical (unpaired) electrons. The van der Waals surface area contributed by atoms with Crippen molar-refractivity contribution in [2.45, 2.75) is 5.16 Å². The van der Waals surface area contributed by atoms with Gasteiger partial charge in [0, 0.05) is 44.1 Å². The molecule has 0 atom stereocenters. The summed E-state index contributed by atoms with van der Waals surface area (Å²) in [6, 6.07) is 7.39. The first-order valence-electron chi connectivity index (χ1n) is 8.77. The lowest BCUT2D eigenvalue weighted by molar-refractivity contribution is -0.129. The lowest BCUT2D eigenvalue weighted by Crippen LogP contribution is -2.51. The molecule has 10 heteroatoms. The van der Waals surface area contributed by atoms with E-state index < -0.39 is 0 Å². The molecule has 2 amide bonds. The maximum atomic E-state index is 12.5. The highest BCUT2D eigenvalue weighted by Crippen LogP contribution is 2.19. The average molecular weight is 415 g/mol. The molecule has 0 spiro atoms. The maximum absolute atomic E-state index is 12.5. The van der Waals surface area contributed by atoms with Gasteiger partial charge in [-0.2, -0.15) is 0 Å². The molecular weight excluding hydrogens is 396 g/mol. The van der Waals surface area contributed by atoms with Gasteiger partial charge in [-0.15, -0.1) is 16.4 Å². The molecule has 28 heavy (non-hydrogen) atoms. The first kappa shape index (κ1) is 18.6. The van der Waals surface area contributed by atoms with E-state index in [2.05, 4.69) is 20.2 Å². The zero-order chi connectivity index (χ0) is 19.3. The number of rotatable bonds is 5. The Morgan fingerprint density at radius 3 is 2.57 bits per heavy atom. The Morgan fingerprint density at radius 2 is 1.86 bits per heavy atom. The summed E-state index contributed by atoms with van der Waals surface area (Å²) in [5, 5.41) is 9.47. The Morgan fingerprint density at radius 1 is 1.11 bits per heavy atom.